The molecule has 1 aliphatic carbocycles. The average molecular weight is 176 g/mol. The number of nitrogens with two attached hydrogens (primary N) is 1. The highest BCUT2D eigenvalue weighted by Gasteiger charge is 2.21. The van der Waals surface area contributed by atoms with Gasteiger partial charge in [0.25, 0.3) is 0 Å². The predicted molar refractivity (Wildman–Crippen MR) is 50.4 cm³/mol. The molecule has 0 radical (unpaired) electrons. The van der Waals surface area contributed by atoms with Crippen LogP contribution in [0.2, 0.25) is 0 Å². The van der Waals surface area contributed by atoms with Gasteiger partial charge in [0.2, 0.25) is 0 Å². The summed E-state index contributed by atoms with van der Waals surface area (Å²) in [6.07, 6.45) is 1.80. The third-order valence-corrected chi connectivity index (χ3v) is 2.40. The predicted octanol–water partition coefficient (Wildman–Crippen LogP) is 0.822. The summed E-state index contributed by atoms with van der Waals surface area (Å²) in [7, 11) is 0. The van der Waals surface area contributed by atoms with E-state index < -0.39 is 6.03 Å². The molecule has 3 nitrogen and oxygen atoms in total. The molecule has 0 spiro atoms. The lowest BCUT2D eigenvalue weighted by atomic mass is 10.1. The maximum Gasteiger partial charge on any atom is 0.312 e. The highest BCUT2D eigenvalue weighted by Crippen LogP contribution is 2.21. The minimum atomic E-state index is -0.433. The van der Waals surface area contributed by atoms with E-state index in [1.807, 2.05) is 12.1 Å². The average Bonchev–Trinajstić information content (AvgIpc) is 2.44. The van der Waals surface area contributed by atoms with Gasteiger partial charge in [0.05, 0.1) is 0 Å². The topological polar surface area (TPSA) is 55.1 Å². The number of rotatable bonds is 1. The van der Waals surface area contributed by atoms with Crippen LogP contribution in [0.15, 0.2) is 24.3 Å². The number of carbonyl (C=O) groups is 1. The molecule has 0 aliphatic heterocycles. The highest BCUT2D eigenvalue weighted by molar-refractivity contribution is 5.72. The largest absolute Gasteiger partial charge is 0.352 e. The lowest BCUT2D eigenvalue weighted by Gasteiger charge is -2.08. The molecule has 0 fully saturated rings. The number of amides is 2. The van der Waals surface area contributed by atoms with Crippen molar-refractivity contribution >= 4 is 6.03 Å². The number of fused-ring (bicyclic) bond motifs is 1. The lowest BCUT2D eigenvalue weighted by molar-refractivity contribution is 0.245. The Balaban J connectivity index is 2.09. The molecule has 0 bridgehead atoms. The number of carbonyl (C=O) groups excluding carboxylic acids is 1. The number of primary amides is 1. The van der Waals surface area contributed by atoms with Crippen LogP contribution in [0, 0.1) is 0 Å². The summed E-state index contributed by atoms with van der Waals surface area (Å²) in [5.74, 6) is 0. The van der Waals surface area contributed by atoms with E-state index in [0.29, 0.717) is 0 Å². The first kappa shape index (κ1) is 8.10. The van der Waals surface area contributed by atoms with Gasteiger partial charge in [-0.2, -0.15) is 0 Å². The van der Waals surface area contributed by atoms with Crippen LogP contribution in [0.1, 0.15) is 11.1 Å². The summed E-state index contributed by atoms with van der Waals surface area (Å²) in [4.78, 5) is 10.6. The minimum absolute atomic E-state index is 0.190. The first-order valence-electron chi connectivity index (χ1n) is 4.38. The van der Waals surface area contributed by atoms with Crippen LogP contribution >= 0.6 is 0 Å². The second-order valence-electron chi connectivity index (χ2n) is 3.38. The zero-order valence-corrected chi connectivity index (χ0v) is 7.29. The molecule has 3 heteroatoms. The van der Waals surface area contributed by atoms with Gasteiger partial charge in [-0.1, -0.05) is 24.3 Å². The van der Waals surface area contributed by atoms with Gasteiger partial charge < -0.3 is 11.1 Å². The summed E-state index contributed by atoms with van der Waals surface area (Å²) < 4.78 is 0. The van der Waals surface area contributed by atoms with E-state index in [-0.39, 0.29) is 6.04 Å². The van der Waals surface area contributed by atoms with Crippen LogP contribution in [0.4, 0.5) is 4.79 Å². The van der Waals surface area contributed by atoms with Crippen LogP contribution in [-0.4, -0.2) is 12.1 Å². The van der Waals surface area contributed by atoms with Gasteiger partial charge in [-0.3, -0.25) is 0 Å². The molecule has 0 aromatic heterocycles. The van der Waals surface area contributed by atoms with Crippen LogP contribution in [0.25, 0.3) is 0 Å². The third kappa shape index (κ3) is 1.64. The summed E-state index contributed by atoms with van der Waals surface area (Å²) >= 11 is 0. The number of benzene rings is 1. The fourth-order valence-electron chi connectivity index (χ4n) is 1.86. The maximum absolute atomic E-state index is 10.6. The maximum atomic E-state index is 10.6. The Morgan fingerprint density at radius 3 is 2.31 bits per heavy atom. The van der Waals surface area contributed by atoms with Crippen molar-refractivity contribution in [1.82, 2.24) is 5.32 Å². The van der Waals surface area contributed by atoms with Gasteiger partial charge in [-0.25, -0.2) is 4.79 Å². The van der Waals surface area contributed by atoms with Gasteiger partial charge >= 0.3 is 6.03 Å². The zero-order valence-electron chi connectivity index (χ0n) is 7.29. The molecule has 1 aliphatic rings. The van der Waals surface area contributed by atoms with E-state index >= 15 is 0 Å². The summed E-state index contributed by atoms with van der Waals surface area (Å²) in [6.45, 7) is 0. The Hall–Kier alpha value is -1.51. The van der Waals surface area contributed by atoms with Crippen LogP contribution in [0.3, 0.4) is 0 Å². The second kappa shape index (κ2) is 3.09. The molecule has 1 aromatic rings. The Bertz CT molecular complexity index is 310. The van der Waals surface area contributed by atoms with E-state index in [9.17, 15) is 4.79 Å². The standard InChI is InChI=1S/C10H12N2O/c11-10(13)12-9-5-7-3-1-2-4-8(7)6-9/h1-4,9H,5-6H2,(H3,11,12,13). The molecule has 0 unspecified atom stereocenters. The number of urea groups is 1. The number of hydrogen-bond acceptors (Lipinski definition) is 1. The van der Waals surface area contributed by atoms with E-state index in [1.165, 1.54) is 11.1 Å². The van der Waals surface area contributed by atoms with E-state index in [0.717, 1.165) is 12.8 Å². The van der Waals surface area contributed by atoms with Gasteiger partial charge in [0.1, 0.15) is 0 Å². The van der Waals surface area contributed by atoms with Crippen molar-refractivity contribution in [2.45, 2.75) is 18.9 Å². The molecule has 3 N–H and O–H groups in total. The quantitative estimate of drug-likeness (QED) is 0.654. The van der Waals surface area contributed by atoms with Crippen molar-refractivity contribution in [3.63, 3.8) is 0 Å². The monoisotopic (exact) mass is 176 g/mol. The Labute approximate surface area is 76.9 Å². The molecule has 0 saturated heterocycles. The van der Waals surface area contributed by atoms with Crippen molar-refractivity contribution in [3.8, 4) is 0 Å². The minimum Gasteiger partial charge on any atom is -0.352 e. The summed E-state index contributed by atoms with van der Waals surface area (Å²) in [5, 5.41) is 2.73. The normalized spacial score (nSPS) is 15.4. The number of hydrogen-bond donors (Lipinski definition) is 2. The van der Waals surface area contributed by atoms with Crippen LogP contribution in [0.5, 0.6) is 0 Å². The molecule has 0 atom stereocenters. The Kier molecular flexibility index (Phi) is 1.93. The molecule has 1 aromatic carbocycles. The van der Waals surface area contributed by atoms with E-state index in [2.05, 4.69) is 17.4 Å². The Morgan fingerprint density at radius 2 is 1.85 bits per heavy atom. The third-order valence-electron chi connectivity index (χ3n) is 2.40. The van der Waals surface area contributed by atoms with Gasteiger partial charge in [-0.15, -0.1) is 0 Å². The second-order valence-corrected chi connectivity index (χ2v) is 3.38. The number of nitrogens with one attached hydrogen (secondary N) is 1. The van der Waals surface area contributed by atoms with Gasteiger partial charge in [-0.05, 0) is 24.0 Å². The molecule has 2 rings (SSSR count). The SMILES string of the molecule is NC(=O)NC1Cc2ccccc2C1. The fourth-order valence-corrected chi connectivity index (χ4v) is 1.86. The van der Waals surface area contributed by atoms with Crippen molar-refractivity contribution in [2.75, 3.05) is 0 Å². The smallest absolute Gasteiger partial charge is 0.312 e. The van der Waals surface area contributed by atoms with Gasteiger partial charge in [0, 0.05) is 6.04 Å². The molecule has 0 saturated carbocycles. The van der Waals surface area contributed by atoms with Crippen LogP contribution in [-0.2, 0) is 12.8 Å². The van der Waals surface area contributed by atoms with E-state index in [1.54, 1.807) is 0 Å². The summed E-state index contributed by atoms with van der Waals surface area (Å²) in [5.41, 5.74) is 7.70. The Morgan fingerprint density at radius 1 is 1.31 bits per heavy atom. The first-order valence-corrected chi connectivity index (χ1v) is 4.38. The lowest BCUT2D eigenvalue weighted by Crippen LogP contribution is -2.38. The van der Waals surface area contributed by atoms with Crippen molar-refractivity contribution in [1.29, 1.82) is 0 Å². The molecular weight excluding hydrogens is 164 g/mol. The first-order chi connectivity index (χ1) is 6.25. The van der Waals surface area contributed by atoms with E-state index in [4.69, 9.17) is 5.73 Å². The van der Waals surface area contributed by atoms with Crippen molar-refractivity contribution in [3.05, 3.63) is 35.4 Å². The van der Waals surface area contributed by atoms with Crippen LogP contribution < -0.4 is 11.1 Å². The molecular formula is C10H12N2O. The van der Waals surface area contributed by atoms with Crippen molar-refractivity contribution in [2.24, 2.45) is 5.73 Å². The van der Waals surface area contributed by atoms with Gasteiger partial charge in [0.15, 0.2) is 0 Å². The van der Waals surface area contributed by atoms with Crippen molar-refractivity contribution < 1.29 is 4.79 Å². The molecule has 68 valence electrons. The fraction of sp³-hybridized carbons (Fsp3) is 0.300. The molecule has 2 amide bonds. The summed E-state index contributed by atoms with van der Waals surface area (Å²) in [6, 6.07) is 7.99. The zero-order chi connectivity index (χ0) is 9.26. The molecule has 0 heterocycles. The molecule has 13 heavy (non-hydrogen) atoms. The highest BCUT2D eigenvalue weighted by atomic mass is 16.2.